The number of hydrogen-bond acceptors (Lipinski definition) is 5. The standard InChI is InChI=1S/C18H16Cl2N2O4/c1-24-15-9-14(16(25-2)7-12(15)20)21-18(23)17-8-13(22-26-17)10-5-3-4-6-11(10)19/h3-7,9,17H,8H2,1-2H3,(H,21,23)/t17-/m0/s1. The van der Waals surface area contributed by atoms with Gasteiger partial charge in [0.15, 0.2) is 0 Å². The first-order valence-corrected chi connectivity index (χ1v) is 8.49. The Labute approximate surface area is 160 Å². The zero-order valence-corrected chi connectivity index (χ0v) is 15.6. The summed E-state index contributed by atoms with van der Waals surface area (Å²) in [5, 5.41) is 7.69. The van der Waals surface area contributed by atoms with E-state index in [1.54, 1.807) is 18.2 Å². The minimum absolute atomic E-state index is 0.308. The average Bonchev–Trinajstić information content (AvgIpc) is 3.13. The predicted octanol–water partition coefficient (Wildman–Crippen LogP) is 4.14. The van der Waals surface area contributed by atoms with Crippen molar-refractivity contribution in [1.82, 2.24) is 0 Å². The van der Waals surface area contributed by atoms with Crippen molar-refractivity contribution in [1.29, 1.82) is 0 Å². The molecule has 2 aromatic carbocycles. The molecule has 0 saturated carbocycles. The van der Waals surface area contributed by atoms with Gasteiger partial charge in [0.1, 0.15) is 11.5 Å². The lowest BCUT2D eigenvalue weighted by molar-refractivity contribution is -0.125. The number of hydrogen-bond donors (Lipinski definition) is 1. The second-order valence-electron chi connectivity index (χ2n) is 5.49. The molecule has 1 atom stereocenters. The van der Waals surface area contributed by atoms with Crippen molar-refractivity contribution in [2.45, 2.75) is 12.5 Å². The zero-order valence-electron chi connectivity index (χ0n) is 14.1. The zero-order chi connectivity index (χ0) is 18.7. The van der Waals surface area contributed by atoms with E-state index in [1.165, 1.54) is 14.2 Å². The first-order valence-electron chi connectivity index (χ1n) is 7.73. The SMILES string of the molecule is COc1cc(NC(=O)[C@@H]2CC(c3ccccc3Cl)=NO2)c(OC)cc1Cl. The second kappa shape index (κ2) is 7.85. The number of halogens is 2. The van der Waals surface area contributed by atoms with Crippen molar-refractivity contribution in [3.05, 3.63) is 52.0 Å². The Hall–Kier alpha value is -2.44. The van der Waals surface area contributed by atoms with E-state index in [-0.39, 0.29) is 5.91 Å². The topological polar surface area (TPSA) is 69.2 Å². The summed E-state index contributed by atoms with van der Waals surface area (Å²) in [6, 6.07) is 10.4. The van der Waals surface area contributed by atoms with Crippen LogP contribution in [-0.4, -0.2) is 31.9 Å². The molecule has 1 aliphatic rings. The van der Waals surface area contributed by atoms with E-state index in [2.05, 4.69) is 10.5 Å². The van der Waals surface area contributed by atoms with Crippen molar-refractivity contribution < 1.29 is 19.1 Å². The molecule has 1 aliphatic heterocycles. The van der Waals surface area contributed by atoms with E-state index >= 15 is 0 Å². The van der Waals surface area contributed by atoms with Crippen LogP contribution in [0.4, 0.5) is 5.69 Å². The number of carbonyl (C=O) groups is 1. The van der Waals surface area contributed by atoms with Gasteiger partial charge in [-0.1, -0.05) is 46.6 Å². The van der Waals surface area contributed by atoms with Crippen LogP contribution >= 0.6 is 23.2 Å². The van der Waals surface area contributed by atoms with Crippen molar-refractivity contribution in [3.63, 3.8) is 0 Å². The van der Waals surface area contributed by atoms with Crippen LogP contribution in [0, 0.1) is 0 Å². The molecular weight excluding hydrogens is 379 g/mol. The lowest BCUT2D eigenvalue weighted by atomic mass is 10.0. The monoisotopic (exact) mass is 394 g/mol. The Kier molecular flexibility index (Phi) is 5.54. The Balaban J connectivity index is 1.73. The number of amides is 1. The molecule has 8 heteroatoms. The van der Waals surface area contributed by atoms with Gasteiger partial charge in [-0.3, -0.25) is 4.79 Å². The van der Waals surface area contributed by atoms with Crippen molar-refractivity contribution in [2.24, 2.45) is 5.16 Å². The third-order valence-corrected chi connectivity index (χ3v) is 4.50. The van der Waals surface area contributed by atoms with Crippen LogP contribution in [0.5, 0.6) is 11.5 Å². The fraction of sp³-hybridized carbons (Fsp3) is 0.222. The second-order valence-corrected chi connectivity index (χ2v) is 6.31. The lowest BCUT2D eigenvalue weighted by Crippen LogP contribution is -2.28. The summed E-state index contributed by atoms with van der Waals surface area (Å²) in [5.74, 6) is 0.469. The van der Waals surface area contributed by atoms with Gasteiger partial charge >= 0.3 is 0 Å². The Bertz CT molecular complexity index is 870. The molecule has 1 N–H and O–H groups in total. The minimum Gasteiger partial charge on any atom is -0.495 e. The van der Waals surface area contributed by atoms with Gasteiger partial charge in [-0.2, -0.15) is 0 Å². The summed E-state index contributed by atoms with van der Waals surface area (Å²) in [5.41, 5.74) is 1.79. The number of oxime groups is 1. The fourth-order valence-electron chi connectivity index (χ4n) is 2.54. The molecule has 0 saturated heterocycles. The highest BCUT2D eigenvalue weighted by Gasteiger charge is 2.30. The minimum atomic E-state index is -0.771. The molecule has 6 nitrogen and oxygen atoms in total. The number of ether oxygens (including phenoxy) is 2. The quantitative estimate of drug-likeness (QED) is 0.826. The van der Waals surface area contributed by atoms with E-state index in [4.69, 9.17) is 37.5 Å². The van der Waals surface area contributed by atoms with E-state index in [1.807, 2.05) is 18.2 Å². The van der Waals surface area contributed by atoms with Crippen LogP contribution in [0.3, 0.4) is 0 Å². The molecular formula is C18H16Cl2N2O4. The normalized spacial score (nSPS) is 15.8. The maximum atomic E-state index is 12.6. The van der Waals surface area contributed by atoms with Crippen LogP contribution in [-0.2, 0) is 9.63 Å². The highest BCUT2D eigenvalue weighted by atomic mass is 35.5. The smallest absolute Gasteiger partial charge is 0.268 e. The molecule has 0 aromatic heterocycles. The first-order chi connectivity index (χ1) is 12.5. The largest absolute Gasteiger partial charge is 0.495 e. The van der Waals surface area contributed by atoms with E-state index in [9.17, 15) is 4.79 Å². The van der Waals surface area contributed by atoms with Crippen molar-refractivity contribution >= 4 is 40.5 Å². The fourth-order valence-corrected chi connectivity index (χ4v) is 3.02. The van der Waals surface area contributed by atoms with Gasteiger partial charge in [-0.15, -0.1) is 0 Å². The highest BCUT2D eigenvalue weighted by molar-refractivity contribution is 6.34. The van der Waals surface area contributed by atoms with Crippen LogP contribution in [0.15, 0.2) is 41.6 Å². The summed E-state index contributed by atoms with van der Waals surface area (Å²) in [4.78, 5) is 17.8. The molecule has 0 spiro atoms. The molecule has 1 heterocycles. The molecule has 2 aromatic rings. The molecule has 0 bridgehead atoms. The third kappa shape index (κ3) is 3.71. The van der Waals surface area contributed by atoms with Gasteiger partial charge in [-0.05, 0) is 6.07 Å². The number of nitrogens with one attached hydrogen (secondary N) is 1. The number of carbonyl (C=O) groups excluding carboxylic acids is 1. The van der Waals surface area contributed by atoms with Gasteiger partial charge in [0, 0.05) is 29.1 Å². The van der Waals surface area contributed by atoms with Crippen molar-refractivity contribution in [3.8, 4) is 11.5 Å². The molecule has 26 heavy (non-hydrogen) atoms. The summed E-state index contributed by atoms with van der Waals surface area (Å²) in [7, 11) is 2.97. The summed E-state index contributed by atoms with van der Waals surface area (Å²) in [6.07, 6.45) is -0.463. The average molecular weight is 395 g/mol. The first kappa shape index (κ1) is 18.4. The molecule has 3 rings (SSSR count). The van der Waals surface area contributed by atoms with E-state index in [0.717, 1.165) is 5.56 Å². The van der Waals surface area contributed by atoms with Gasteiger partial charge in [0.2, 0.25) is 6.10 Å². The van der Waals surface area contributed by atoms with Gasteiger partial charge in [0.05, 0.1) is 30.6 Å². The van der Waals surface area contributed by atoms with E-state index < -0.39 is 6.10 Å². The molecule has 0 fully saturated rings. The Morgan fingerprint density at radius 3 is 2.58 bits per heavy atom. The number of rotatable bonds is 5. The lowest BCUT2D eigenvalue weighted by Gasteiger charge is -2.14. The van der Waals surface area contributed by atoms with Crippen LogP contribution in [0.2, 0.25) is 10.0 Å². The van der Waals surface area contributed by atoms with Gasteiger partial charge in [-0.25, -0.2) is 0 Å². The molecule has 0 radical (unpaired) electrons. The van der Waals surface area contributed by atoms with Gasteiger partial charge in [0.25, 0.3) is 5.91 Å². The number of nitrogens with zero attached hydrogens (tertiary/aromatic N) is 1. The van der Waals surface area contributed by atoms with Crippen LogP contribution < -0.4 is 14.8 Å². The summed E-state index contributed by atoms with van der Waals surface area (Å²) < 4.78 is 10.4. The Morgan fingerprint density at radius 1 is 1.15 bits per heavy atom. The summed E-state index contributed by atoms with van der Waals surface area (Å²) >= 11 is 12.2. The third-order valence-electron chi connectivity index (χ3n) is 3.88. The predicted molar refractivity (Wildman–Crippen MR) is 101 cm³/mol. The molecule has 0 aliphatic carbocycles. The van der Waals surface area contributed by atoms with Crippen LogP contribution in [0.1, 0.15) is 12.0 Å². The molecule has 136 valence electrons. The maximum absolute atomic E-state index is 12.6. The number of anilines is 1. The maximum Gasteiger partial charge on any atom is 0.268 e. The Morgan fingerprint density at radius 2 is 1.88 bits per heavy atom. The van der Waals surface area contributed by atoms with E-state index in [0.29, 0.717) is 39.4 Å². The summed E-state index contributed by atoms with van der Waals surface area (Å²) in [6.45, 7) is 0. The molecule has 1 amide bonds. The number of benzene rings is 2. The van der Waals surface area contributed by atoms with Crippen LogP contribution in [0.25, 0.3) is 0 Å². The molecule has 0 unspecified atom stereocenters. The number of methoxy groups -OCH3 is 2. The van der Waals surface area contributed by atoms with Crippen molar-refractivity contribution in [2.75, 3.05) is 19.5 Å². The van der Waals surface area contributed by atoms with Gasteiger partial charge < -0.3 is 19.6 Å². The highest BCUT2D eigenvalue weighted by Crippen LogP contribution is 2.36.